The number of methoxy groups -OCH3 is 1. The molecule has 1 fully saturated rings. The number of nitrogens with zero attached hydrogens (tertiary/aromatic N) is 5. The molecule has 194 valence electrons. The maximum atomic E-state index is 11.2. The van der Waals surface area contributed by atoms with Gasteiger partial charge in [-0.05, 0) is 26.0 Å². The average Bonchev–Trinajstić information content (AvgIpc) is 3.48. The lowest BCUT2D eigenvalue weighted by molar-refractivity contribution is -0.142. The predicted octanol–water partition coefficient (Wildman–Crippen LogP) is 3.80. The number of nitrogens with one attached hydrogen (secondary N) is 1. The highest BCUT2D eigenvalue weighted by molar-refractivity contribution is 7.17. The number of thiophene rings is 1. The molecule has 4 heterocycles. The summed E-state index contributed by atoms with van der Waals surface area (Å²) in [7, 11) is 3.70. The third-order valence-corrected chi connectivity index (χ3v) is 8.21. The van der Waals surface area contributed by atoms with Gasteiger partial charge in [0.25, 0.3) is 0 Å². The summed E-state index contributed by atoms with van der Waals surface area (Å²) < 4.78 is 5.18. The van der Waals surface area contributed by atoms with E-state index in [0.29, 0.717) is 60.7 Å². The summed E-state index contributed by atoms with van der Waals surface area (Å²) >= 11 is 9.15. The molecule has 1 aliphatic rings. The molecule has 10 nitrogen and oxygen atoms in total. The van der Waals surface area contributed by atoms with E-state index >= 15 is 0 Å². The molecule has 1 saturated heterocycles. The van der Waals surface area contributed by atoms with Crippen LogP contribution in [0.2, 0.25) is 5.02 Å². The first-order valence-electron chi connectivity index (χ1n) is 11.5. The van der Waals surface area contributed by atoms with E-state index in [-0.39, 0.29) is 5.92 Å². The second kappa shape index (κ2) is 12.3. The smallest absolute Gasteiger partial charge is 0.306 e. The van der Waals surface area contributed by atoms with Gasteiger partial charge in [-0.2, -0.15) is 0 Å². The average molecular weight is 553 g/mol. The number of likely N-dealkylation sites (N-methyl/N-ethyl adjacent to an activating group) is 1. The number of carboxylic acid groups (broad SMARTS) is 1. The molecule has 3 aromatic rings. The molecular formula is C23H29ClN6O4S2. The van der Waals surface area contributed by atoms with Gasteiger partial charge >= 0.3 is 5.97 Å². The summed E-state index contributed by atoms with van der Waals surface area (Å²) in [4.78, 5) is 30.9. The number of aliphatic hydroxyl groups excluding tert-OH is 1. The first-order valence-corrected chi connectivity index (χ1v) is 13.6. The number of carboxylic acids is 1. The van der Waals surface area contributed by atoms with Gasteiger partial charge in [-0.25, -0.2) is 9.97 Å². The summed E-state index contributed by atoms with van der Waals surface area (Å²) in [6.07, 6.45) is 3.21. The molecule has 1 aliphatic heterocycles. The number of aliphatic hydroxyl groups is 1. The highest BCUT2D eigenvalue weighted by Crippen LogP contribution is 2.37. The van der Waals surface area contributed by atoms with E-state index in [2.05, 4.69) is 20.2 Å². The summed E-state index contributed by atoms with van der Waals surface area (Å²) in [5, 5.41) is 26.1. The summed E-state index contributed by atoms with van der Waals surface area (Å²) in [5.41, 5.74) is 1.20. The zero-order valence-electron chi connectivity index (χ0n) is 20.1. The number of carbonyl (C=O) groups is 1. The second-order valence-electron chi connectivity index (χ2n) is 8.60. The number of piperidine rings is 1. The number of aromatic nitrogens is 3. The monoisotopic (exact) mass is 552 g/mol. The van der Waals surface area contributed by atoms with Gasteiger partial charge in [-0.3, -0.25) is 14.7 Å². The highest BCUT2D eigenvalue weighted by atomic mass is 35.5. The zero-order chi connectivity index (χ0) is 25.7. The van der Waals surface area contributed by atoms with Crippen LogP contribution in [0.5, 0.6) is 0 Å². The number of thiazole rings is 1. The Bertz CT molecular complexity index is 1150. The van der Waals surface area contributed by atoms with E-state index < -0.39 is 12.2 Å². The van der Waals surface area contributed by atoms with Crippen LogP contribution in [0.1, 0.15) is 29.6 Å². The Morgan fingerprint density at radius 1 is 1.36 bits per heavy atom. The lowest BCUT2D eigenvalue weighted by Gasteiger charge is -2.30. The molecular weight excluding hydrogens is 524 g/mol. The zero-order valence-corrected chi connectivity index (χ0v) is 22.4. The van der Waals surface area contributed by atoms with Crippen molar-refractivity contribution in [2.45, 2.75) is 25.6 Å². The Morgan fingerprint density at radius 2 is 2.14 bits per heavy atom. The quantitative estimate of drug-likeness (QED) is 0.302. The molecule has 1 unspecified atom stereocenters. The second-order valence-corrected chi connectivity index (χ2v) is 11.0. The Kier molecular flexibility index (Phi) is 9.09. The topological polar surface area (TPSA) is 124 Å². The number of halogens is 1. The lowest BCUT2D eigenvalue weighted by Crippen LogP contribution is -2.36. The fraction of sp³-hybridized carbons (Fsp3) is 0.478. The molecule has 0 radical (unpaired) electrons. The van der Waals surface area contributed by atoms with Crippen LogP contribution in [0, 0.1) is 5.92 Å². The Hall–Kier alpha value is -2.35. The van der Waals surface area contributed by atoms with Crippen LogP contribution >= 0.6 is 34.3 Å². The van der Waals surface area contributed by atoms with E-state index in [9.17, 15) is 15.0 Å². The van der Waals surface area contributed by atoms with Crippen molar-refractivity contribution in [3.05, 3.63) is 39.4 Å². The van der Waals surface area contributed by atoms with Gasteiger partial charge in [0.1, 0.15) is 11.5 Å². The molecule has 36 heavy (non-hydrogen) atoms. The standard InChI is InChI=1S/C23H29ClN6O4S2/c1-29(7-8-34-2)12-18-20(17-9-15(24)13-35-17)27-23(36-18)28-21(31)16-10-26-19(11-25-16)30-5-3-14(4-6-30)22(32)33/h9-11,13-14,21,31H,3-8,12H2,1-2H3,(H,27,28)(H,32,33). The molecule has 3 N–H and O–H groups in total. The number of aliphatic carboxylic acids is 1. The SMILES string of the molecule is COCCN(C)Cc1sc(NC(O)c2cnc(N3CCC(C(=O)O)CC3)cn2)nc1-c1cc(Cl)cs1. The van der Waals surface area contributed by atoms with Crippen LogP contribution in [0.3, 0.4) is 0 Å². The first-order chi connectivity index (χ1) is 17.3. The van der Waals surface area contributed by atoms with Crippen LogP contribution in [0.25, 0.3) is 10.6 Å². The summed E-state index contributed by atoms with van der Waals surface area (Å²) in [6.45, 7) is 3.31. The van der Waals surface area contributed by atoms with Gasteiger partial charge in [-0.15, -0.1) is 11.3 Å². The van der Waals surface area contributed by atoms with Crippen LogP contribution in [-0.4, -0.2) is 76.4 Å². The number of hydrogen-bond acceptors (Lipinski definition) is 11. The maximum absolute atomic E-state index is 11.2. The third-order valence-electron chi connectivity index (χ3n) is 5.96. The van der Waals surface area contributed by atoms with Crippen LogP contribution in [-0.2, 0) is 16.1 Å². The molecule has 0 saturated carbocycles. The fourth-order valence-electron chi connectivity index (χ4n) is 3.90. The minimum absolute atomic E-state index is 0.308. The van der Waals surface area contributed by atoms with Crippen molar-refractivity contribution < 1.29 is 19.7 Å². The molecule has 1 atom stereocenters. The van der Waals surface area contributed by atoms with Gasteiger partial charge in [0.2, 0.25) is 0 Å². The van der Waals surface area contributed by atoms with E-state index in [1.165, 1.54) is 28.9 Å². The summed E-state index contributed by atoms with van der Waals surface area (Å²) in [6, 6.07) is 1.89. The van der Waals surface area contributed by atoms with Crippen molar-refractivity contribution >= 4 is 51.2 Å². The Labute approximate surface area is 222 Å². The van der Waals surface area contributed by atoms with Crippen LogP contribution in [0.4, 0.5) is 10.9 Å². The normalized spacial score (nSPS) is 15.4. The highest BCUT2D eigenvalue weighted by Gasteiger charge is 2.25. The minimum atomic E-state index is -1.09. The number of hydrogen-bond donors (Lipinski definition) is 3. The van der Waals surface area contributed by atoms with Crippen molar-refractivity contribution in [1.82, 2.24) is 19.9 Å². The molecule has 0 aliphatic carbocycles. The van der Waals surface area contributed by atoms with E-state index in [1.54, 1.807) is 13.3 Å². The Balaban J connectivity index is 1.44. The molecule has 0 bridgehead atoms. The van der Waals surface area contributed by atoms with Gasteiger partial charge in [0.05, 0.1) is 40.5 Å². The van der Waals surface area contributed by atoms with E-state index in [0.717, 1.165) is 22.0 Å². The van der Waals surface area contributed by atoms with Crippen LogP contribution in [0.15, 0.2) is 23.8 Å². The van der Waals surface area contributed by atoms with Gasteiger partial charge in [0.15, 0.2) is 11.4 Å². The largest absolute Gasteiger partial charge is 0.481 e. The van der Waals surface area contributed by atoms with E-state index in [1.807, 2.05) is 23.4 Å². The van der Waals surface area contributed by atoms with Gasteiger partial charge < -0.3 is 25.2 Å². The lowest BCUT2D eigenvalue weighted by atomic mass is 9.97. The van der Waals surface area contributed by atoms with Crippen molar-refractivity contribution in [3.63, 3.8) is 0 Å². The van der Waals surface area contributed by atoms with Gasteiger partial charge in [-0.1, -0.05) is 22.9 Å². The minimum Gasteiger partial charge on any atom is -0.481 e. The first kappa shape index (κ1) is 26.7. The molecule has 3 aromatic heterocycles. The molecule has 13 heteroatoms. The Morgan fingerprint density at radius 3 is 2.75 bits per heavy atom. The van der Waals surface area contributed by atoms with Crippen molar-refractivity contribution in [3.8, 4) is 10.6 Å². The van der Waals surface area contributed by atoms with Crippen LogP contribution < -0.4 is 10.2 Å². The molecule has 0 amide bonds. The van der Waals surface area contributed by atoms with Crippen molar-refractivity contribution in [2.75, 3.05) is 50.6 Å². The van der Waals surface area contributed by atoms with Gasteiger partial charge in [0, 0.05) is 43.5 Å². The molecule has 0 spiro atoms. The number of anilines is 2. The molecule has 4 rings (SSSR count). The predicted molar refractivity (Wildman–Crippen MR) is 142 cm³/mol. The summed E-state index contributed by atoms with van der Waals surface area (Å²) in [5.74, 6) is -0.387. The molecule has 0 aromatic carbocycles. The van der Waals surface area contributed by atoms with Crippen molar-refractivity contribution in [2.24, 2.45) is 5.92 Å². The van der Waals surface area contributed by atoms with E-state index in [4.69, 9.17) is 21.3 Å². The fourth-order valence-corrected chi connectivity index (χ4v) is 6.14. The maximum Gasteiger partial charge on any atom is 0.306 e. The van der Waals surface area contributed by atoms with Crippen molar-refractivity contribution in [1.29, 1.82) is 0 Å². The number of rotatable bonds is 11. The number of ether oxygens (including phenoxy) is 1. The third kappa shape index (κ3) is 6.69.